The Balaban J connectivity index is 1.31. The van der Waals surface area contributed by atoms with Crippen molar-refractivity contribution in [1.82, 2.24) is 14.9 Å². The van der Waals surface area contributed by atoms with Crippen molar-refractivity contribution in [2.75, 3.05) is 13.2 Å². The molecule has 0 radical (unpaired) electrons. The normalized spacial score (nSPS) is 10.9. The zero-order chi connectivity index (χ0) is 19.3. The average Bonchev–Trinajstić information content (AvgIpc) is 2.73. The van der Waals surface area contributed by atoms with Crippen LogP contribution in [0.25, 0.3) is 21.7 Å². The largest absolute Gasteiger partial charge is 0.492 e. The van der Waals surface area contributed by atoms with Gasteiger partial charge in [-0.05, 0) is 35.0 Å². The molecule has 0 aliphatic carbocycles. The van der Waals surface area contributed by atoms with E-state index in [1.807, 2.05) is 48.5 Å². The predicted molar refractivity (Wildman–Crippen MR) is 108 cm³/mol. The molecule has 0 aliphatic heterocycles. The number of amides is 1. The maximum Gasteiger partial charge on any atom is 0.261 e. The lowest BCUT2D eigenvalue weighted by Gasteiger charge is -2.10. The lowest BCUT2D eigenvalue weighted by atomic mass is 10.1. The van der Waals surface area contributed by atoms with E-state index in [9.17, 15) is 9.59 Å². The molecule has 3 aromatic carbocycles. The van der Waals surface area contributed by atoms with Gasteiger partial charge in [-0.15, -0.1) is 0 Å². The van der Waals surface area contributed by atoms with E-state index >= 15 is 0 Å². The smallest absolute Gasteiger partial charge is 0.261 e. The molecule has 1 N–H and O–H groups in total. The van der Waals surface area contributed by atoms with Crippen LogP contribution in [0.5, 0.6) is 5.75 Å². The zero-order valence-electron chi connectivity index (χ0n) is 15.2. The predicted octanol–water partition coefficient (Wildman–Crippen LogP) is 2.74. The molecular weight excluding hydrogens is 354 g/mol. The standard InChI is InChI=1S/C22H19N3O3/c26-21(14-25-15-24-20-8-4-3-7-19(20)22(25)27)23-11-12-28-18-10-9-16-5-1-2-6-17(16)13-18/h1-10,13,15H,11-12,14H2,(H,23,26). The molecule has 4 aromatic rings. The second-order valence-corrected chi connectivity index (χ2v) is 6.40. The molecule has 0 aliphatic rings. The number of hydrogen-bond donors (Lipinski definition) is 1. The van der Waals surface area contributed by atoms with Crippen molar-refractivity contribution in [3.63, 3.8) is 0 Å². The fourth-order valence-corrected chi connectivity index (χ4v) is 3.05. The molecule has 4 rings (SSSR count). The van der Waals surface area contributed by atoms with Crippen LogP contribution in [0, 0.1) is 0 Å². The Morgan fingerprint density at radius 3 is 2.68 bits per heavy atom. The second-order valence-electron chi connectivity index (χ2n) is 6.40. The van der Waals surface area contributed by atoms with Gasteiger partial charge in [0.1, 0.15) is 18.9 Å². The van der Waals surface area contributed by atoms with E-state index in [-0.39, 0.29) is 18.0 Å². The molecule has 1 heterocycles. The van der Waals surface area contributed by atoms with Gasteiger partial charge in [0, 0.05) is 0 Å². The average molecular weight is 373 g/mol. The van der Waals surface area contributed by atoms with Crippen molar-refractivity contribution in [1.29, 1.82) is 0 Å². The SMILES string of the molecule is O=C(Cn1cnc2ccccc2c1=O)NCCOc1ccc2ccccc2c1. The number of benzene rings is 3. The third kappa shape index (κ3) is 3.86. The number of hydrogen-bond acceptors (Lipinski definition) is 4. The summed E-state index contributed by atoms with van der Waals surface area (Å²) >= 11 is 0. The van der Waals surface area contributed by atoms with E-state index in [2.05, 4.69) is 10.3 Å². The molecular formula is C22H19N3O3. The van der Waals surface area contributed by atoms with Gasteiger partial charge in [0.05, 0.1) is 23.8 Å². The van der Waals surface area contributed by atoms with Gasteiger partial charge in [-0.1, -0.05) is 42.5 Å². The van der Waals surface area contributed by atoms with E-state index < -0.39 is 0 Å². The highest BCUT2D eigenvalue weighted by Crippen LogP contribution is 2.20. The van der Waals surface area contributed by atoms with Crippen LogP contribution >= 0.6 is 0 Å². The Morgan fingerprint density at radius 2 is 1.79 bits per heavy atom. The highest BCUT2D eigenvalue weighted by atomic mass is 16.5. The lowest BCUT2D eigenvalue weighted by molar-refractivity contribution is -0.121. The number of aromatic nitrogens is 2. The summed E-state index contributed by atoms with van der Waals surface area (Å²) in [6, 6.07) is 21.0. The van der Waals surface area contributed by atoms with Crippen molar-refractivity contribution >= 4 is 27.6 Å². The number of rotatable bonds is 6. The summed E-state index contributed by atoms with van der Waals surface area (Å²) < 4.78 is 7.01. The summed E-state index contributed by atoms with van der Waals surface area (Å²) in [4.78, 5) is 28.8. The molecule has 140 valence electrons. The second kappa shape index (κ2) is 7.92. The van der Waals surface area contributed by atoms with Crippen molar-refractivity contribution in [2.45, 2.75) is 6.54 Å². The van der Waals surface area contributed by atoms with Crippen molar-refractivity contribution in [3.05, 3.63) is 83.4 Å². The van der Waals surface area contributed by atoms with Crippen LogP contribution in [-0.4, -0.2) is 28.6 Å². The van der Waals surface area contributed by atoms with Gasteiger partial charge in [-0.25, -0.2) is 4.98 Å². The zero-order valence-corrected chi connectivity index (χ0v) is 15.2. The molecule has 0 fully saturated rings. The van der Waals surface area contributed by atoms with Crippen LogP contribution < -0.4 is 15.6 Å². The number of para-hydroxylation sites is 1. The first-order chi connectivity index (χ1) is 13.7. The van der Waals surface area contributed by atoms with Gasteiger partial charge in [0.15, 0.2) is 0 Å². The number of nitrogens with zero attached hydrogens (tertiary/aromatic N) is 2. The van der Waals surface area contributed by atoms with Gasteiger partial charge in [-0.2, -0.15) is 0 Å². The summed E-state index contributed by atoms with van der Waals surface area (Å²) in [5, 5.41) is 5.51. The van der Waals surface area contributed by atoms with Crippen LogP contribution in [0.3, 0.4) is 0 Å². The first-order valence-corrected chi connectivity index (χ1v) is 9.03. The minimum absolute atomic E-state index is 0.0767. The number of carbonyl (C=O) groups excluding carboxylic acids is 1. The minimum atomic E-state index is -0.263. The topological polar surface area (TPSA) is 73.2 Å². The maximum absolute atomic E-state index is 12.4. The third-order valence-corrected chi connectivity index (χ3v) is 4.46. The highest BCUT2D eigenvalue weighted by Gasteiger charge is 2.07. The summed E-state index contributed by atoms with van der Waals surface area (Å²) in [6.07, 6.45) is 1.40. The third-order valence-electron chi connectivity index (χ3n) is 4.46. The maximum atomic E-state index is 12.4. The Kier molecular flexibility index (Phi) is 5.01. The van der Waals surface area contributed by atoms with Crippen LogP contribution in [0.15, 0.2) is 77.9 Å². The van der Waals surface area contributed by atoms with Gasteiger partial charge in [-0.3, -0.25) is 14.2 Å². The Hall–Kier alpha value is -3.67. The molecule has 6 nitrogen and oxygen atoms in total. The monoisotopic (exact) mass is 373 g/mol. The van der Waals surface area contributed by atoms with Crippen molar-refractivity contribution in [2.24, 2.45) is 0 Å². The molecule has 1 aromatic heterocycles. The van der Waals surface area contributed by atoms with Crippen molar-refractivity contribution in [3.8, 4) is 5.75 Å². The van der Waals surface area contributed by atoms with Crippen LogP contribution in [0.1, 0.15) is 0 Å². The van der Waals surface area contributed by atoms with Crippen LogP contribution in [0.2, 0.25) is 0 Å². The number of ether oxygens (including phenoxy) is 1. The van der Waals surface area contributed by atoms with Crippen molar-refractivity contribution < 1.29 is 9.53 Å². The van der Waals surface area contributed by atoms with E-state index in [1.165, 1.54) is 10.9 Å². The summed E-state index contributed by atoms with van der Waals surface area (Å²) in [7, 11) is 0. The summed E-state index contributed by atoms with van der Waals surface area (Å²) in [5.41, 5.74) is 0.390. The minimum Gasteiger partial charge on any atom is -0.492 e. The molecule has 0 spiro atoms. The molecule has 0 saturated carbocycles. The van der Waals surface area contributed by atoms with Crippen LogP contribution in [0.4, 0.5) is 0 Å². The van der Waals surface area contributed by atoms with Gasteiger partial charge < -0.3 is 10.1 Å². The first-order valence-electron chi connectivity index (χ1n) is 9.03. The molecule has 0 bridgehead atoms. The quantitative estimate of drug-likeness (QED) is 0.528. The molecule has 0 saturated heterocycles. The van der Waals surface area contributed by atoms with Crippen LogP contribution in [-0.2, 0) is 11.3 Å². The Morgan fingerprint density at radius 1 is 1.00 bits per heavy atom. The van der Waals surface area contributed by atoms with E-state index in [0.29, 0.717) is 24.1 Å². The number of carbonyl (C=O) groups is 1. The molecule has 28 heavy (non-hydrogen) atoms. The fraction of sp³-hybridized carbons (Fsp3) is 0.136. The fourth-order valence-electron chi connectivity index (χ4n) is 3.05. The molecule has 0 unspecified atom stereocenters. The van der Waals surface area contributed by atoms with Gasteiger partial charge >= 0.3 is 0 Å². The lowest BCUT2D eigenvalue weighted by Crippen LogP contribution is -2.34. The van der Waals surface area contributed by atoms with Gasteiger partial charge in [0.2, 0.25) is 5.91 Å². The van der Waals surface area contributed by atoms with E-state index in [4.69, 9.17) is 4.74 Å². The van der Waals surface area contributed by atoms with E-state index in [0.717, 1.165) is 16.5 Å². The number of nitrogens with one attached hydrogen (secondary N) is 1. The first kappa shape index (κ1) is 17.7. The molecule has 0 atom stereocenters. The Labute approximate surface area is 161 Å². The highest BCUT2D eigenvalue weighted by molar-refractivity contribution is 5.83. The summed E-state index contributed by atoms with van der Waals surface area (Å²) in [6.45, 7) is 0.614. The van der Waals surface area contributed by atoms with E-state index in [1.54, 1.807) is 18.2 Å². The number of fused-ring (bicyclic) bond motifs is 2. The molecule has 1 amide bonds. The Bertz CT molecular complexity index is 1200. The van der Waals surface area contributed by atoms with Gasteiger partial charge in [0.25, 0.3) is 5.56 Å². The summed E-state index contributed by atoms with van der Waals surface area (Å²) in [5.74, 6) is 0.490. The molecule has 6 heteroatoms.